The molecule has 2 heterocycles. The maximum absolute atomic E-state index is 13.2. The molecule has 1 aliphatic rings. The molecule has 0 radical (unpaired) electrons. The Morgan fingerprint density at radius 1 is 1.19 bits per heavy atom. The largest absolute Gasteiger partial charge is 0.284 e. The van der Waals surface area contributed by atoms with Crippen molar-refractivity contribution in [3.8, 4) is 0 Å². The lowest BCUT2D eigenvalue weighted by atomic mass is 9.95. The van der Waals surface area contributed by atoms with Gasteiger partial charge in [0.2, 0.25) is 0 Å². The third-order valence-electron chi connectivity index (χ3n) is 5.09. The van der Waals surface area contributed by atoms with Crippen molar-refractivity contribution in [1.82, 2.24) is 29.8 Å². The van der Waals surface area contributed by atoms with Crippen molar-refractivity contribution in [3.63, 3.8) is 0 Å². The fourth-order valence-electron chi connectivity index (χ4n) is 3.73. The molecule has 1 fully saturated rings. The third-order valence-corrected chi connectivity index (χ3v) is 6.04. The highest BCUT2D eigenvalue weighted by Gasteiger charge is 2.22. The minimum absolute atomic E-state index is 0.0724. The number of benzene rings is 1. The zero-order chi connectivity index (χ0) is 18.6. The number of nitrogens with zero attached hydrogens (tertiary/aromatic N) is 6. The highest BCUT2D eigenvalue weighted by molar-refractivity contribution is 7.98. The van der Waals surface area contributed by atoms with Crippen molar-refractivity contribution in [2.45, 2.75) is 68.9 Å². The van der Waals surface area contributed by atoms with E-state index in [-0.39, 0.29) is 11.6 Å². The van der Waals surface area contributed by atoms with E-state index in [4.69, 9.17) is 4.98 Å². The summed E-state index contributed by atoms with van der Waals surface area (Å²) in [5, 5.41) is 13.5. The van der Waals surface area contributed by atoms with Gasteiger partial charge in [-0.05, 0) is 41.8 Å². The molecule has 0 unspecified atom stereocenters. The van der Waals surface area contributed by atoms with E-state index in [0.29, 0.717) is 11.1 Å². The molecule has 8 heteroatoms. The topological polar surface area (TPSA) is 78.5 Å². The summed E-state index contributed by atoms with van der Waals surface area (Å²) in [6.45, 7) is 2.90. The van der Waals surface area contributed by atoms with Crippen LogP contribution in [0.5, 0.6) is 0 Å². The summed E-state index contributed by atoms with van der Waals surface area (Å²) in [6, 6.07) is 7.85. The Morgan fingerprint density at radius 3 is 2.81 bits per heavy atom. The second-order valence-corrected chi connectivity index (χ2v) is 7.93. The van der Waals surface area contributed by atoms with Gasteiger partial charge in [-0.25, -0.2) is 9.67 Å². The number of para-hydroxylation sites is 1. The maximum atomic E-state index is 13.2. The molecule has 4 rings (SSSR count). The van der Waals surface area contributed by atoms with Crippen molar-refractivity contribution in [3.05, 3.63) is 40.4 Å². The highest BCUT2D eigenvalue weighted by Crippen LogP contribution is 2.31. The molecule has 27 heavy (non-hydrogen) atoms. The Hall–Kier alpha value is -2.22. The predicted molar refractivity (Wildman–Crippen MR) is 106 cm³/mol. The number of aryl methyl sites for hydroxylation is 1. The summed E-state index contributed by atoms with van der Waals surface area (Å²) in [5.74, 6) is 1.42. The van der Waals surface area contributed by atoms with Crippen LogP contribution in [-0.4, -0.2) is 29.8 Å². The molecule has 0 N–H and O–H groups in total. The molecule has 1 saturated carbocycles. The Balaban J connectivity index is 1.71. The summed E-state index contributed by atoms with van der Waals surface area (Å²) in [7, 11) is 0. The van der Waals surface area contributed by atoms with Gasteiger partial charge in [0, 0.05) is 12.6 Å². The first-order valence-corrected chi connectivity index (χ1v) is 10.7. The number of hydrogen-bond acceptors (Lipinski definition) is 6. The minimum atomic E-state index is 0.0724. The van der Waals surface area contributed by atoms with E-state index in [0.717, 1.165) is 42.3 Å². The first-order chi connectivity index (χ1) is 13.3. The lowest BCUT2D eigenvalue weighted by Gasteiger charge is -2.26. The van der Waals surface area contributed by atoms with Gasteiger partial charge in [0.25, 0.3) is 5.56 Å². The number of fused-ring (bicyclic) bond motifs is 1. The first-order valence-electron chi connectivity index (χ1n) is 9.67. The van der Waals surface area contributed by atoms with Crippen LogP contribution in [0, 0.1) is 0 Å². The van der Waals surface area contributed by atoms with Gasteiger partial charge in [-0.2, -0.15) is 0 Å². The standard InChI is InChI=1S/C19H24N6OS/c1-2-12-24-17(21-22-23-24)13-27-19-20-16-11-7-6-10-15(16)18(26)25(19)14-8-4-3-5-9-14/h6-7,10-11,14H,2-5,8-9,12-13H2,1H3. The molecule has 1 aromatic carbocycles. The summed E-state index contributed by atoms with van der Waals surface area (Å²) in [6.07, 6.45) is 6.65. The van der Waals surface area contributed by atoms with Gasteiger partial charge in [-0.3, -0.25) is 9.36 Å². The van der Waals surface area contributed by atoms with Crippen LogP contribution in [-0.2, 0) is 12.3 Å². The second kappa shape index (κ2) is 8.21. The summed E-state index contributed by atoms with van der Waals surface area (Å²) < 4.78 is 3.76. The van der Waals surface area contributed by atoms with E-state index >= 15 is 0 Å². The molecular weight excluding hydrogens is 360 g/mol. The monoisotopic (exact) mass is 384 g/mol. The van der Waals surface area contributed by atoms with Gasteiger partial charge in [-0.15, -0.1) is 5.10 Å². The van der Waals surface area contributed by atoms with E-state index in [2.05, 4.69) is 22.4 Å². The Morgan fingerprint density at radius 2 is 2.00 bits per heavy atom. The van der Waals surface area contributed by atoms with Crippen LogP contribution in [0.1, 0.15) is 57.3 Å². The maximum Gasteiger partial charge on any atom is 0.262 e. The summed E-state index contributed by atoms with van der Waals surface area (Å²) >= 11 is 1.56. The SMILES string of the molecule is CCCn1nnnc1CSc1nc2ccccc2c(=O)n1C1CCCCC1. The Labute approximate surface area is 162 Å². The molecular formula is C19H24N6OS. The van der Waals surface area contributed by atoms with E-state index in [1.54, 1.807) is 11.8 Å². The van der Waals surface area contributed by atoms with Crippen molar-refractivity contribution in [2.24, 2.45) is 0 Å². The van der Waals surface area contributed by atoms with Crippen molar-refractivity contribution in [2.75, 3.05) is 0 Å². The normalized spacial score (nSPS) is 15.4. The molecule has 2 aromatic heterocycles. The Bertz CT molecular complexity index is 976. The summed E-state index contributed by atoms with van der Waals surface area (Å²) in [4.78, 5) is 18.1. The predicted octanol–water partition coefficient (Wildman–Crippen LogP) is 3.59. The van der Waals surface area contributed by atoms with Crippen LogP contribution >= 0.6 is 11.8 Å². The highest BCUT2D eigenvalue weighted by atomic mass is 32.2. The van der Waals surface area contributed by atoms with Crippen LogP contribution in [0.4, 0.5) is 0 Å². The zero-order valence-corrected chi connectivity index (χ0v) is 16.4. The smallest absolute Gasteiger partial charge is 0.262 e. The number of hydrogen-bond donors (Lipinski definition) is 0. The second-order valence-electron chi connectivity index (χ2n) is 6.99. The molecule has 0 saturated heterocycles. The molecule has 0 atom stereocenters. The molecule has 0 spiro atoms. The van der Waals surface area contributed by atoms with E-state index in [1.165, 1.54) is 19.3 Å². The molecule has 0 bridgehead atoms. The van der Waals surface area contributed by atoms with Crippen molar-refractivity contribution >= 4 is 22.7 Å². The fraction of sp³-hybridized carbons (Fsp3) is 0.526. The number of tetrazole rings is 1. The first kappa shape index (κ1) is 18.2. The van der Waals surface area contributed by atoms with Crippen LogP contribution in [0.25, 0.3) is 10.9 Å². The molecule has 3 aromatic rings. The fourth-order valence-corrected chi connectivity index (χ4v) is 4.73. The van der Waals surface area contributed by atoms with Gasteiger partial charge in [0.1, 0.15) is 0 Å². The average molecular weight is 385 g/mol. The van der Waals surface area contributed by atoms with Crippen LogP contribution in [0.2, 0.25) is 0 Å². The molecule has 0 amide bonds. The number of thioether (sulfide) groups is 1. The minimum Gasteiger partial charge on any atom is -0.284 e. The lowest BCUT2D eigenvalue weighted by molar-refractivity contribution is 0.326. The quantitative estimate of drug-likeness (QED) is 0.477. The molecule has 142 valence electrons. The number of rotatable bonds is 6. The van der Waals surface area contributed by atoms with Crippen LogP contribution < -0.4 is 5.56 Å². The third kappa shape index (κ3) is 3.76. The van der Waals surface area contributed by atoms with Gasteiger partial charge in [0.15, 0.2) is 11.0 Å². The van der Waals surface area contributed by atoms with Crippen molar-refractivity contribution in [1.29, 1.82) is 0 Å². The van der Waals surface area contributed by atoms with Gasteiger partial charge < -0.3 is 0 Å². The zero-order valence-electron chi connectivity index (χ0n) is 15.5. The van der Waals surface area contributed by atoms with E-state index in [9.17, 15) is 4.79 Å². The van der Waals surface area contributed by atoms with Gasteiger partial charge in [-0.1, -0.05) is 50.1 Å². The van der Waals surface area contributed by atoms with Gasteiger partial charge >= 0.3 is 0 Å². The lowest BCUT2D eigenvalue weighted by Crippen LogP contribution is -2.29. The molecule has 1 aliphatic carbocycles. The van der Waals surface area contributed by atoms with E-state index in [1.807, 2.05) is 33.5 Å². The van der Waals surface area contributed by atoms with Gasteiger partial charge in [0.05, 0.1) is 16.7 Å². The van der Waals surface area contributed by atoms with E-state index < -0.39 is 0 Å². The van der Waals surface area contributed by atoms with Crippen LogP contribution in [0.15, 0.2) is 34.2 Å². The average Bonchev–Trinajstić information content (AvgIpc) is 3.15. The number of aromatic nitrogens is 6. The van der Waals surface area contributed by atoms with Crippen LogP contribution in [0.3, 0.4) is 0 Å². The Kier molecular flexibility index (Phi) is 5.52. The summed E-state index contributed by atoms with van der Waals surface area (Å²) in [5.41, 5.74) is 0.827. The molecule has 7 nitrogen and oxygen atoms in total. The van der Waals surface area contributed by atoms with Crippen molar-refractivity contribution < 1.29 is 0 Å². The molecule has 0 aliphatic heterocycles.